The number of nitrogens with zero attached hydrogens (tertiary/aromatic N) is 3. The highest BCUT2D eigenvalue weighted by molar-refractivity contribution is 7.89. The number of hydrogen-bond acceptors (Lipinski definition) is 5. The number of benzene rings is 1. The zero-order valence-corrected chi connectivity index (χ0v) is 19.4. The van der Waals surface area contributed by atoms with E-state index in [-0.39, 0.29) is 11.3 Å². The number of sulfonamides is 1. The van der Waals surface area contributed by atoms with E-state index in [1.807, 2.05) is 32.3 Å². The van der Waals surface area contributed by atoms with E-state index < -0.39 is 10.0 Å². The van der Waals surface area contributed by atoms with E-state index in [0.29, 0.717) is 13.1 Å². The molecule has 0 radical (unpaired) electrons. The Morgan fingerprint density at radius 1 is 1.03 bits per heavy atom. The summed E-state index contributed by atoms with van der Waals surface area (Å²) in [7, 11) is -3.19. The quantitative estimate of drug-likeness (QED) is 0.633. The first-order chi connectivity index (χ1) is 14.7. The molecule has 0 atom stereocenters. The van der Waals surface area contributed by atoms with Gasteiger partial charge in [0.05, 0.1) is 5.25 Å². The normalized spacial score (nSPS) is 16.2. The molecule has 0 aliphatic carbocycles. The molecule has 0 amide bonds. The van der Waals surface area contributed by atoms with Gasteiger partial charge in [-0.15, -0.1) is 0 Å². The first-order valence-corrected chi connectivity index (χ1v) is 12.3. The van der Waals surface area contributed by atoms with Crippen LogP contribution in [0.4, 0.5) is 5.69 Å². The van der Waals surface area contributed by atoms with Crippen molar-refractivity contribution < 1.29 is 8.42 Å². The maximum atomic E-state index is 12.5. The standard InChI is InChI=1S/C24H30N4O2S/c1-16(2)31(29,30)28-9-6-22(7-10-28)27-24-14-21(13-19-5-8-25-15-23(19)24)20-11-17(3)26-18(4)12-20/h5,8,11-16,22,27H,6-7,9-10H2,1-4H3. The van der Waals surface area contributed by atoms with Crippen LogP contribution in [-0.2, 0) is 10.0 Å². The molecule has 0 unspecified atom stereocenters. The highest BCUT2D eigenvalue weighted by Crippen LogP contribution is 2.32. The predicted octanol–water partition coefficient (Wildman–Crippen LogP) is 4.53. The molecule has 1 aliphatic rings. The van der Waals surface area contributed by atoms with E-state index in [2.05, 4.69) is 39.6 Å². The van der Waals surface area contributed by atoms with E-state index in [0.717, 1.165) is 51.8 Å². The van der Waals surface area contributed by atoms with Crippen LogP contribution in [0.1, 0.15) is 38.1 Å². The summed E-state index contributed by atoms with van der Waals surface area (Å²) < 4.78 is 26.6. The Hall–Kier alpha value is -2.51. The minimum Gasteiger partial charge on any atom is -0.382 e. The number of aryl methyl sites for hydroxylation is 2. The van der Waals surface area contributed by atoms with Gasteiger partial charge in [0, 0.05) is 54.0 Å². The fourth-order valence-electron chi connectivity index (χ4n) is 4.26. The van der Waals surface area contributed by atoms with Crippen LogP contribution in [0.25, 0.3) is 21.9 Å². The van der Waals surface area contributed by atoms with Crippen molar-refractivity contribution in [2.75, 3.05) is 18.4 Å². The minimum absolute atomic E-state index is 0.221. The first kappa shape index (κ1) is 21.7. The number of pyridine rings is 2. The van der Waals surface area contributed by atoms with Gasteiger partial charge in [0.25, 0.3) is 0 Å². The van der Waals surface area contributed by atoms with Crippen molar-refractivity contribution >= 4 is 26.5 Å². The van der Waals surface area contributed by atoms with Crippen LogP contribution in [0.5, 0.6) is 0 Å². The lowest BCUT2D eigenvalue weighted by atomic mass is 9.99. The maximum absolute atomic E-state index is 12.5. The average Bonchev–Trinajstić information content (AvgIpc) is 2.73. The van der Waals surface area contributed by atoms with Crippen molar-refractivity contribution in [2.45, 2.75) is 51.8 Å². The van der Waals surface area contributed by atoms with Gasteiger partial charge in [0.1, 0.15) is 0 Å². The highest BCUT2D eigenvalue weighted by Gasteiger charge is 2.30. The van der Waals surface area contributed by atoms with Gasteiger partial charge in [-0.3, -0.25) is 9.97 Å². The zero-order valence-electron chi connectivity index (χ0n) is 18.6. The van der Waals surface area contributed by atoms with Gasteiger partial charge in [-0.25, -0.2) is 12.7 Å². The molecular weight excluding hydrogens is 408 g/mol. The summed E-state index contributed by atoms with van der Waals surface area (Å²) in [4.78, 5) is 8.82. The lowest BCUT2D eigenvalue weighted by Crippen LogP contribution is -2.44. The molecule has 31 heavy (non-hydrogen) atoms. The molecule has 0 spiro atoms. The van der Waals surface area contributed by atoms with E-state index >= 15 is 0 Å². The molecule has 3 aromatic rings. The van der Waals surface area contributed by atoms with Gasteiger partial charge in [0.15, 0.2) is 0 Å². The molecule has 1 aliphatic heterocycles. The maximum Gasteiger partial charge on any atom is 0.216 e. The molecule has 0 saturated carbocycles. The monoisotopic (exact) mass is 438 g/mol. The third-order valence-corrected chi connectivity index (χ3v) is 8.22. The third kappa shape index (κ3) is 4.57. The molecule has 1 fully saturated rings. The summed E-state index contributed by atoms with van der Waals surface area (Å²) in [5.41, 5.74) is 5.31. The third-order valence-electron chi connectivity index (χ3n) is 5.94. The molecule has 7 heteroatoms. The lowest BCUT2D eigenvalue weighted by Gasteiger charge is -2.33. The number of nitrogens with one attached hydrogen (secondary N) is 1. The van der Waals surface area contributed by atoms with Crippen LogP contribution >= 0.6 is 0 Å². The smallest absolute Gasteiger partial charge is 0.216 e. The second kappa shape index (κ2) is 8.55. The van der Waals surface area contributed by atoms with Crippen molar-refractivity contribution in [3.63, 3.8) is 0 Å². The molecule has 1 aromatic carbocycles. The Balaban J connectivity index is 1.62. The second-order valence-electron chi connectivity index (χ2n) is 8.67. The van der Waals surface area contributed by atoms with Gasteiger partial charge < -0.3 is 5.32 Å². The zero-order chi connectivity index (χ0) is 22.2. The van der Waals surface area contributed by atoms with Crippen LogP contribution in [-0.4, -0.2) is 47.1 Å². The van der Waals surface area contributed by atoms with Crippen molar-refractivity contribution in [1.29, 1.82) is 0 Å². The Kier molecular flexibility index (Phi) is 5.99. The number of hydrogen-bond donors (Lipinski definition) is 1. The molecule has 164 valence electrons. The summed E-state index contributed by atoms with van der Waals surface area (Å²) in [6, 6.07) is 10.8. The number of fused-ring (bicyclic) bond motifs is 1. The molecule has 2 aromatic heterocycles. The molecular formula is C24H30N4O2S. The Morgan fingerprint density at radius 2 is 1.68 bits per heavy atom. The van der Waals surface area contributed by atoms with E-state index in [1.54, 1.807) is 18.2 Å². The summed E-state index contributed by atoms with van der Waals surface area (Å²) in [6.07, 6.45) is 5.27. The Bertz CT molecular complexity index is 1180. The van der Waals surface area contributed by atoms with Crippen LogP contribution in [0, 0.1) is 13.8 Å². The molecule has 3 heterocycles. The second-order valence-corrected chi connectivity index (χ2v) is 11.2. The summed E-state index contributed by atoms with van der Waals surface area (Å²) in [5.74, 6) is 0. The number of piperidine rings is 1. The predicted molar refractivity (Wildman–Crippen MR) is 127 cm³/mol. The lowest BCUT2D eigenvalue weighted by molar-refractivity contribution is 0.327. The van der Waals surface area contributed by atoms with Crippen LogP contribution in [0.3, 0.4) is 0 Å². The number of aromatic nitrogens is 2. The summed E-state index contributed by atoms with van der Waals surface area (Å²) in [5, 5.41) is 5.51. The van der Waals surface area contributed by atoms with Crippen molar-refractivity contribution in [3.8, 4) is 11.1 Å². The van der Waals surface area contributed by atoms with Gasteiger partial charge >= 0.3 is 0 Å². The highest BCUT2D eigenvalue weighted by atomic mass is 32.2. The summed E-state index contributed by atoms with van der Waals surface area (Å²) in [6.45, 7) is 8.62. The largest absolute Gasteiger partial charge is 0.382 e. The van der Waals surface area contributed by atoms with Crippen LogP contribution in [0.2, 0.25) is 0 Å². The van der Waals surface area contributed by atoms with E-state index in [4.69, 9.17) is 0 Å². The molecule has 4 rings (SSSR count). The van der Waals surface area contributed by atoms with E-state index in [9.17, 15) is 8.42 Å². The van der Waals surface area contributed by atoms with Crippen molar-refractivity contribution in [3.05, 3.63) is 54.1 Å². The van der Waals surface area contributed by atoms with Gasteiger partial charge in [0.2, 0.25) is 10.0 Å². The fraction of sp³-hybridized carbons (Fsp3) is 0.417. The van der Waals surface area contributed by atoms with Gasteiger partial charge in [-0.1, -0.05) is 0 Å². The minimum atomic E-state index is -3.19. The first-order valence-electron chi connectivity index (χ1n) is 10.8. The molecule has 0 bridgehead atoms. The van der Waals surface area contributed by atoms with Gasteiger partial charge in [-0.2, -0.15) is 0 Å². The van der Waals surface area contributed by atoms with E-state index in [1.165, 1.54) is 0 Å². The van der Waals surface area contributed by atoms with Crippen molar-refractivity contribution in [1.82, 2.24) is 14.3 Å². The fourth-order valence-corrected chi connectivity index (χ4v) is 5.57. The molecule has 1 N–H and O–H groups in total. The Morgan fingerprint density at radius 3 is 2.32 bits per heavy atom. The topological polar surface area (TPSA) is 75.2 Å². The summed E-state index contributed by atoms with van der Waals surface area (Å²) >= 11 is 0. The Labute approximate surface area is 184 Å². The van der Waals surface area contributed by atoms with Crippen LogP contribution in [0.15, 0.2) is 42.7 Å². The number of anilines is 1. The molecule has 1 saturated heterocycles. The van der Waals surface area contributed by atoms with Gasteiger partial charge in [-0.05, 0) is 87.4 Å². The average molecular weight is 439 g/mol. The van der Waals surface area contributed by atoms with Crippen molar-refractivity contribution in [2.24, 2.45) is 0 Å². The number of rotatable bonds is 5. The van der Waals surface area contributed by atoms with Crippen LogP contribution < -0.4 is 5.32 Å². The SMILES string of the molecule is Cc1cc(-c2cc(NC3CCN(S(=O)(=O)C(C)C)CC3)c3cnccc3c2)cc(C)n1. The molecule has 6 nitrogen and oxygen atoms in total.